The zero-order chi connectivity index (χ0) is 17.6. The second-order valence-electron chi connectivity index (χ2n) is 5.73. The monoisotopic (exact) mass is 367 g/mol. The fraction of sp³-hybridized carbons (Fsp3) is 0.500. The topological polar surface area (TPSA) is 90.1 Å². The molecule has 2 atom stereocenters. The summed E-state index contributed by atoms with van der Waals surface area (Å²) in [7, 11) is 0. The summed E-state index contributed by atoms with van der Waals surface area (Å²) in [4.78, 5) is 12.1. The van der Waals surface area contributed by atoms with Crippen LogP contribution in [0.5, 0.6) is 17.2 Å². The molecule has 1 fully saturated rings. The van der Waals surface area contributed by atoms with Crippen LogP contribution in [0.3, 0.4) is 0 Å². The molecular formula is C16H21N3O5S. The van der Waals surface area contributed by atoms with E-state index in [2.05, 4.69) is 16.2 Å². The number of hydrogen-bond donors (Lipinski definition) is 3. The molecule has 1 aromatic carbocycles. The zero-order valence-corrected chi connectivity index (χ0v) is 14.7. The Morgan fingerprint density at radius 2 is 2.20 bits per heavy atom. The number of hydrogen-bond acceptors (Lipinski definition) is 6. The maximum atomic E-state index is 12.1. The summed E-state index contributed by atoms with van der Waals surface area (Å²) in [5.74, 6) is 1.43. The molecule has 1 saturated heterocycles. The van der Waals surface area contributed by atoms with Gasteiger partial charge in [-0.15, -0.1) is 0 Å². The molecule has 0 aliphatic carbocycles. The Morgan fingerprint density at radius 1 is 1.36 bits per heavy atom. The van der Waals surface area contributed by atoms with Crippen molar-refractivity contribution >= 4 is 23.2 Å². The third kappa shape index (κ3) is 4.86. The van der Waals surface area contributed by atoms with Crippen molar-refractivity contribution in [1.82, 2.24) is 16.2 Å². The molecule has 0 spiro atoms. The highest BCUT2D eigenvalue weighted by Gasteiger charge is 2.19. The van der Waals surface area contributed by atoms with Crippen molar-refractivity contribution in [3.8, 4) is 17.2 Å². The van der Waals surface area contributed by atoms with Gasteiger partial charge in [-0.2, -0.15) is 0 Å². The third-order valence-corrected chi connectivity index (χ3v) is 4.09. The molecule has 1 amide bonds. The number of hydrazine groups is 1. The maximum absolute atomic E-state index is 12.1. The SMILES string of the molecule is C[C@H](Oc1ccc2c(c1)OCO2)C(=O)NNC(=S)NC[C@H]1CCCO1. The van der Waals surface area contributed by atoms with Crippen LogP contribution in [0.4, 0.5) is 0 Å². The molecule has 0 saturated carbocycles. The first kappa shape index (κ1) is 17.6. The van der Waals surface area contributed by atoms with Crippen LogP contribution >= 0.6 is 12.2 Å². The van der Waals surface area contributed by atoms with Crippen LogP contribution in [0.15, 0.2) is 18.2 Å². The molecule has 2 heterocycles. The van der Waals surface area contributed by atoms with Crippen LogP contribution in [-0.4, -0.2) is 43.2 Å². The predicted octanol–water partition coefficient (Wildman–Crippen LogP) is 0.857. The summed E-state index contributed by atoms with van der Waals surface area (Å²) in [6.07, 6.45) is 1.54. The van der Waals surface area contributed by atoms with Crippen LogP contribution < -0.4 is 30.4 Å². The van der Waals surface area contributed by atoms with E-state index in [0.29, 0.717) is 28.9 Å². The summed E-state index contributed by atoms with van der Waals surface area (Å²) in [5, 5.41) is 3.34. The van der Waals surface area contributed by atoms with E-state index in [1.165, 1.54) is 0 Å². The van der Waals surface area contributed by atoms with Crippen LogP contribution in [0.1, 0.15) is 19.8 Å². The molecule has 0 bridgehead atoms. The largest absolute Gasteiger partial charge is 0.481 e. The van der Waals surface area contributed by atoms with E-state index in [9.17, 15) is 4.79 Å². The van der Waals surface area contributed by atoms with Crippen molar-refractivity contribution in [3.05, 3.63) is 18.2 Å². The predicted molar refractivity (Wildman–Crippen MR) is 93.5 cm³/mol. The number of rotatable bonds is 5. The summed E-state index contributed by atoms with van der Waals surface area (Å²) in [5.41, 5.74) is 5.17. The lowest BCUT2D eigenvalue weighted by atomic mass is 10.2. The van der Waals surface area contributed by atoms with Gasteiger partial charge in [-0.3, -0.25) is 15.6 Å². The Bertz CT molecular complexity index is 636. The highest BCUT2D eigenvalue weighted by Crippen LogP contribution is 2.35. The zero-order valence-electron chi connectivity index (χ0n) is 13.9. The second kappa shape index (κ2) is 8.21. The Hall–Kier alpha value is -2.26. The van der Waals surface area contributed by atoms with Gasteiger partial charge in [-0.1, -0.05) is 0 Å². The van der Waals surface area contributed by atoms with Crippen molar-refractivity contribution in [1.29, 1.82) is 0 Å². The van der Waals surface area contributed by atoms with Crippen LogP contribution in [-0.2, 0) is 9.53 Å². The lowest BCUT2D eigenvalue weighted by Gasteiger charge is -2.17. The van der Waals surface area contributed by atoms with Gasteiger partial charge in [0.2, 0.25) is 6.79 Å². The highest BCUT2D eigenvalue weighted by atomic mass is 32.1. The van der Waals surface area contributed by atoms with Gasteiger partial charge < -0.3 is 24.3 Å². The third-order valence-electron chi connectivity index (χ3n) is 3.84. The first-order valence-corrected chi connectivity index (χ1v) is 8.54. The van der Waals surface area contributed by atoms with E-state index in [0.717, 1.165) is 19.4 Å². The summed E-state index contributed by atoms with van der Waals surface area (Å²) in [6.45, 7) is 3.24. The van der Waals surface area contributed by atoms with E-state index in [1.807, 2.05) is 0 Å². The Morgan fingerprint density at radius 3 is 3.00 bits per heavy atom. The Balaban J connectivity index is 1.39. The molecule has 2 aliphatic rings. The molecule has 1 aromatic rings. The molecular weight excluding hydrogens is 346 g/mol. The normalized spacial score (nSPS) is 19.2. The molecule has 25 heavy (non-hydrogen) atoms. The molecule has 136 valence electrons. The van der Waals surface area contributed by atoms with Crippen LogP contribution in [0.25, 0.3) is 0 Å². The average molecular weight is 367 g/mol. The second-order valence-corrected chi connectivity index (χ2v) is 6.14. The Kier molecular flexibility index (Phi) is 5.77. The maximum Gasteiger partial charge on any atom is 0.279 e. The van der Waals surface area contributed by atoms with Crippen molar-refractivity contribution < 1.29 is 23.7 Å². The van der Waals surface area contributed by atoms with Gasteiger partial charge in [0.1, 0.15) is 5.75 Å². The molecule has 0 radical (unpaired) electrons. The fourth-order valence-corrected chi connectivity index (χ4v) is 2.62. The molecule has 2 aliphatic heterocycles. The molecule has 3 N–H and O–H groups in total. The van der Waals surface area contributed by atoms with Gasteiger partial charge in [0, 0.05) is 19.2 Å². The number of amides is 1. The number of ether oxygens (including phenoxy) is 4. The van der Waals surface area contributed by atoms with Crippen molar-refractivity contribution in [2.24, 2.45) is 0 Å². The van der Waals surface area contributed by atoms with Crippen molar-refractivity contribution in [3.63, 3.8) is 0 Å². The lowest BCUT2D eigenvalue weighted by Crippen LogP contribution is -2.51. The summed E-state index contributed by atoms with van der Waals surface area (Å²) >= 11 is 5.11. The van der Waals surface area contributed by atoms with Crippen LogP contribution in [0.2, 0.25) is 0 Å². The van der Waals surface area contributed by atoms with Gasteiger partial charge in [0.05, 0.1) is 6.10 Å². The fourth-order valence-electron chi connectivity index (χ4n) is 2.48. The number of carbonyl (C=O) groups excluding carboxylic acids is 1. The van der Waals surface area contributed by atoms with Gasteiger partial charge >= 0.3 is 0 Å². The number of benzene rings is 1. The molecule has 3 rings (SSSR count). The molecule has 0 unspecified atom stereocenters. The standard InChI is InChI=1S/C16H21N3O5S/c1-10(24-11-4-5-13-14(7-11)23-9-22-13)15(20)18-19-16(25)17-8-12-3-2-6-21-12/h4-5,7,10,12H,2-3,6,8-9H2,1H3,(H,18,20)(H2,17,19,25)/t10-,12+/m0/s1. The minimum Gasteiger partial charge on any atom is -0.481 e. The van der Waals surface area contributed by atoms with Gasteiger partial charge in [0.15, 0.2) is 22.7 Å². The van der Waals surface area contributed by atoms with E-state index < -0.39 is 6.10 Å². The van der Waals surface area contributed by atoms with Crippen LogP contribution in [0, 0.1) is 0 Å². The van der Waals surface area contributed by atoms with E-state index >= 15 is 0 Å². The highest BCUT2D eigenvalue weighted by molar-refractivity contribution is 7.80. The van der Waals surface area contributed by atoms with Crippen molar-refractivity contribution in [2.45, 2.75) is 32.0 Å². The molecule has 8 nitrogen and oxygen atoms in total. The number of carbonyl (C=O) groups is 1. The minimum atomic E-state index is -0.714. The first-order valence-electron chi connectivity index (χ1n) is 8.13. The minimum absolute atomic E-state index is 0.170. The van der Waals surface area contributed by atoms with Gasteiger partial charge in [-0.05, 0) is 44.1 Å². The van der Waals surface area contributed by atoms with Gasteiger partial charge in [-0.25, -0.2) is 0 Å². The quantitative estimate of drug-likeness (QED) is 0.522. The smallest absolute Gasteiger partial charge is 0.279 e. The first-order chi connectivity index (χ1) is 12.1. The summed E-state index contributed by atoms with van der Waals surface area (Å²) in [6, 6.07) is 5.15. The van der Waals surface area contributed by atoms with Crippen molar-refractivity contribution in [2.75, 3.05) is 19.9 Å². The van der Waals surface area contributed by atoms with E-state index in [4.69, 9.17) is 31.2 Å². The summed E-state index contributed by atoms with van der Waals surface area (Å²) < 4.78 is 21.6. The van der Waals surface area contributed by atoms with E-state index in [1.54, 1.807) is 25.1 Å². The molecule has 0 aromatic heterocycles. The Labute approximate surface area is 151 Å². The molecule has 9 heteroatoms. The number of nitrogens with one attached hydrogen (secondary N) is 3. The average Bonchev–Trinajstić information content (AvgIpc) is 3.28. The lowest BCUT2D eigenvalue weighted by molar-refractivity contribution is -0.127. The number of thiocarbonyl (C=S) groups is 1. The van der Waals surface area contributed by atoms with Gasteiger partial charge in [0.25, 0.3) is 5.91 Å². The number of fused-ring (bicyclic) bond motifs is 1. The van der Waals surface area contributed by atoms with E-state index in [-0.39, 0.29) is 18.8 Å².